The van der Waals surface area contributed by atoms with E-state index in [1.807, 2.05) is 0 Å². The first-order valence-electron chi connectivity index (χ1n) is 6.37. The summed E-state index contributed by atoms with van der Waals surface area (Å²) >= 11 is 0. The van der Waals surface area contributed by atoms with Gasteiger partial charge in [-0.05, 0) is 35.6 Å². The Bertz CT molecular complexity index is 352. The van der Waals surface area contributed by atoms with Crippen molar-refractivity contribution >= 4 is 0 Å². The van der Waals surface area contributed by atoms with Crippen LogP contribution in [0, 0.1) is 0 Å². The molecule has 0 atom stereocenters. The highest BCUT2D eigenvalue weighted by atomic mass is 16.5. The maximum atomic E-state index is 5.43. The quantitative estimate of drug-likeness (QED) is 0.789. The molecule has 1 N–H and O–H groups in total. The predicted octanol–water partition coefficient (Wildman–Crippen LogP) is 3.49. The average molecular weight is 235 g/mol. The van der Waals surface area contributed by atoms with Gasteiger partial charge < -0.3 is 10.1 Å². The maximum Gasteiger partial charge on any atom is 0.122 e. The van der Waals surface area contributed by atoms with E-state index < -0.39 is 0 Å². The summed E-state index contributed by atoms with van der Waals surface area (Å²) in [6, 6.07) is 6.46. The molecule has 0 heterocycles. The maximum absolute atomic E-state index is 5.43. The average Bonchev–Trinajstić information content (AvgIpc) is 2.28. The molecule has 0 bridgehead atoms. The lowest BCUT2D eigenvalue weighted by Gasteiger charge is -2.23. The van der Waals surface area contributed by atoms with Crippen LogP contribution < -0.4 is 10.1 Å². The number of ether oxygens (including phenoxy) is 1. The van der Waals surface area contributed by atoms with E-state index in [0.717, 1.165) is 18.8 Å². The van der Waals surface area contributed by atoms with Crippen LogP contribution >= 0.6 is 0 Å². The van der Waals surface area contributed by atoms with Crippen molar-refractivity contribution in [3.05, 3.63) is 29.3 Å². The number of methoxy groups -OCH3 is 1. The number of nitrogens with one attached hydrogen (secondary N) is 1. The topological polar surface area (TPSA) is 21.3 Å². The van der Waals surface area contributed by atoms with E-state index >= 15 is 0 Å². The minimum Gasteiger partial charge on any atom is -0.496 e. The molecule has 0 aliphatic rings. The Hall–Kier alpha value is -1.02. The van der Waals surface area contributed by atoms with Gasteiger partial charge in [0.15, 0.2) is 0 Å². The third-order valence-corrected chi connectivity index (χ3v) is 2.83. The molecular weight excluding hydrogens is 210 g/mol. The SMILES string of the molecule is CCCNCc1ccc(OC)c(C(C)(C)C)c1. The molecule has 1 rings (SSSR count). The molecule has 0 saturated carbocycles. The van der Waals surface area contributed by atoms with Crippen LogP contribution in [-0.4, -0.2) is 13.7 Å². The van der Waals surface area contributed by atoms with Gasteiger partial charge in [0, 0.05) is 6.54 Å². The third-order valence-electron chi connectivity index (χ3n) is 2.83. The van der Waals surface area contributed by atoms with E-state index in [-0.39, 0.29) is 5.41 Å². The highest BCUT2D eigenvalue weighted by Crippen LogP contribution is 2.31. The van der Waals surface area contributed by atoms with Crippen molar-refractivity contribution in [1.29, 1.82) is 0 Å². The largest absolute Gasteiger partial charge is 0.496 e. The van der Waals surface area contributed by atoms with Crippen molar-refractivity contribution in [3.63, 3.8) is 0 Å². The zero-order valence-electron chi connectivity index (χ0n) is 11.8. The van der Waals surface area contributed by atoms with Crippen LogP contribution in [0.4, 0.5) is 0 Å². The summed E-state index contributed by atoms with van der Waals surface area (Å²) in [5.41, 5.74) is 2.71. The van der Waals surface area contributed by atoms with Gasteiger partial charge >= 0.3 is 0 Å². The highest BCUT2D eigenvalue weighted by Gasteiger charge is 2.18. The van der Waals surface area contributed by atoms with Gasteiger partial charge in [0.25, 0.3) is 0 Å². The smallest absolute Gasteiger partial charge is 0.122 e. The second-order valence-corrected chi connectivity index (χ2v) is 5.46. The molecule has 1 aromatic carbocycles. The Labute approximate surface area is 105 Å². The van der Waals surface area contributed by atoms with Crippen molar-refractivity contribution in [3.8, 4) is 5.75 Å². The number of benzene rings is 1. The minimum absolute atomic E-state index is 0.117. The van der Waals surface area contributed by atoms with Gasteiger partial charge in [-0.1, -0.05) is 39.8 Å². The van der Waals surface area contributed by atoms with Crippen LogP contribution in [0.25, 0.3) is 0 Å². The van der Waals surface area contributed by atoms with Crippen LogP contribution in [0.3, 0.4) is 0 Å². The lowest BCUT2D eigenvalue weighted by molar-refractivity contribution is 0.397. The van der Waals surface area contributed by atoms with E-state index in [4.69, 9.17) is 4.74 Å². The van der Waals surface area contributed by atoms with Gasteiger partial charge in [0.1, 0.15) is 5.75 Å². The van der Waals surface area contributed by atoms with Gasteiger partial charge in [0.05, 0.1) is 7.11 Å². The number of hydrogen-bond donors (Lipinski definition) is 1. The first-order valence-corrected chi connectivity index (χ1v) is 6.37. The predicted molar refractivity (Wildman–Crippen MR) is 73.7 cm³/mol. The molecule has 17 heavy (non-hydrogen) atoms. The van der Waals surface area contributed by atoms with Crippen LogP contribution in [0.1, 0.15) is 45.2 Å². The molecule has 0 unspecified atom stereocenters. The van der Waals surface area contributed by atoms with Crippen LogP contribution in [0.15, 0.2) is 18.2 Å². The zero-order chi connectivity index (χ0) is 12.9. The second-order valence-electron chi connectivity index (χ2n) is 5.46. The number of hydrogen-bond acceptors (Lipinski definition) is 2. The van der Waals surface area contributed by atoms with Crippen molar-refractivity contribution in [2.45, 2.75) is 46.1 Å². The Morgan fingerprint density at radius 2 is 1.94 bits per heavy atom. The number of rotatable bonds is 5. The summed E-state index contributed by atoms with van der Waals surface area (Å²) in [5, 5.41) is 3.43. The molecule has 0 aromatic heterocycles. The van der Waals surface area contributed by atoms with Gasteiger partial charge in [-0.15, -0.1) is 0 Å². The first kappa shape index (κ1) is 14.0. The second kappa shape index (κ2) is 6.06. The molecule has 2 heteroatoms. The first-order chi connectivity index (χ1) is 7.99. The Kier molecular flexibility index (Phi) is 5.01. The van der Waals surface area contributed by atoms with Crippen LogP contribution in [0.2, 0.25) is 0 Å². The summed E-state index contributed by atoms with van der Waals surface area (Å²) in [7, 11) is 1.74. The Balaban J connectivity index is 2.89. The molecule has 0 amide bonds. The van der Waals surface area contributed by atoms with Crippen molar-refractivity contribution < 1.29 is 4.74 Å². The minimum atomic E-state index is 0.117. The van der Waals surface area contributed by atoms with Gasteiger partial charge in [-0.3, -0.25) is 0 Å². The van der Waals surface area contributed by atoms with Crippen LogP contribution in [0.5, 0.6) is 5.75 Å². The van der Waals surface area contributed by atoms with E-state index in [2.05, 4.69) is 51.2 Å². The molecule has 0 aliphatic carbocycles. The molecule has 2 nitrogen and oxygen atoms in total. The molecule has 96 valence electrons. The van der Waals surface area contributed by atoms with E-state index in [0.29, 0.717) is 0 Å². The third kappa shape index (κ3) is 4.04. The molecule has 0 aliphatic heterocycles. The summed E-state index contributed by atoms with van der Waals surface area (Å²) < 4.78 is 5.43. The lowest BCUT2D eigenvalue weighted by Crippen LogP contribution is -2.16. The monoisotopic (exact) mass is 235 g/mol. The lowest BCUT2D eigenvalue weighted by atomic mass is 9.85. The standard InChI is InChI=1S/C15H25NO/c1-6-9-16-11-12-7-8-14(17-5)13(10-12)15(2,3)4/h7-8,10,16H,6,9,11H2,1-5H3. The van der Waals surface area contributed by atoms with E-state index in [1.54, 1.807) is 7.11 Å². The van der Waals surface area contributed by atoms with Crippen molar-refractivity contribution in [1.82, 2.24) is 5.32 Å². The van der Waals surface area contributed by atoms with Gasteiger partial charge in [-0.2, -0.15) is 0 Å². The molecule has 0 saturated heterocycles. The molecule has 0 radical (unpaired) electrons. The fourth-order valence-corrected chi connectivity index (χ4v) is 1.86. The molecule has 0 fully saturated rings. The fraction of sp³-hybridized carbons (Fsp3) is 0.600. The Morgan fingerprint density at radius 3 is 2.47 bits per heavy atom. The molecule has 0 spiro atoms. The summed E-state index contributed by atoms with van der Waals surface area (Å²) in [4.78, 5) is 0. The van der Waals surface area contributed by atoms with Crippen molar-refractivity contribution in [2.75, 3.05) is 13.7 Å². The van der Waals surface area contributed by atoms with E-state index in [9.17, 15) is 0 Å². The highest BCUT2D eigenvalue weighted by molar-refractivity contribution is 5.41. The van der Waals surface area contributed by atoms with Crippen LogP contribution in [-0.2, 0) is 12.0 Å². The van der Waals surface area contributed by atoms with Gasteiger partial charge in [0.2, 0.25) is 0 Å². The zero-order valence-corrected chi connectivity index (χ0v) is 11.8. The fourth-order valence-electron chi connectivity index (χ4n) is 1.86. The van der Waals surface area contributed by atoms with E-state index in [1.165, 1.54) is 17.5 Å². The molecule has 1 aromatic rings. The Morgan fingerprint density at radius 1 is 1.24 bits per heavy atom. The van der Waals surface area contributed by atoms with Crippen molar-refractivity contribution in [2.24, 2.45) is 0 Å². The molecular formula is C15H25NO. The summed E-state index contributed by atoms with van der Waals surface area (Å²) in [5.74, 6) is 0.983. The summed E-state index contributed by atoms with van der Waals surface area (Å²) in [6.45, 7) is 10.8. The summed E-state index contributed by atoms with van der Waals surface area (Å²) in [6.07, 6.45) is 1.17. The van der Waals surface area contributed by atoms with Gasteiger partial charge in [-0.25, -0.2) is 0 Å². The normalized spacial score (nSPS) is 11.6.